The molecule has 1 aromatic heterocycles. The van der Waals surface area contributed by atoms with Crippen LogP contribution < -0.4 is 16.4 Å². The molecule has 2 amide bonds. The number of anilines is 3. The highest BCUT2D eigenvalue weighted by Crippen LogP contribution is 2.13. The van der Waals surface area contributed by atoms with Crippen molar-refractivity contribution in [3.63, 3.8) is 0 Å². The molecule has 0 fully saturated rings. The van der Waals surface area contributed by atoms with E-state index in [9.17, 15) is 9.59 Å². The van der Waals surface area contributed by atoms with Crippen molar-refractivity contribution in [2.24, 2.45) is 0 Å². The fourth-order valence-corrected chi connectivity index (χ4v) is 1.61. The number of carbonyl (C=O) groups excluding carboxylic acids is 2. The fraction of sp³-hybridized carbons (Fsp3) is 0.0714. The van der Waals surface area contributed by atoms with E-state index in [0.717, 1.165) is 0 Å². The summed E-state index contributed by atoms with van der Waals surface area (Å²) < 4.78 is 0. The van der Waals surface area contributed by atoms with Crippen molar-refractivity contribution in [3.8, 4) is 0 Å². The normalized spacial score (nSPS) is 9.85. The quantitative estimate of drug-likeness (QED) is 0.793. The second kappa shape index (κ2) is 5.83. The number of carbonyl (C=O) groups is 2. The summed E-state index contributed by atoms with van der Waals surface area (Å²) in [4.78, 5) is 27.0. The topological polar surface area (TPSA) is 97.1 Å². The fourth-order valence-electron chi connectivity index (χ4n) is 1.61. The van der Waals surface area contributed by atoms with Crippen molar-refractivity contribution in [2.75, 3.05) is 16.4 Å². The van der Waals surface area contributed by atoms with Gasteiger partial charge in [0.2, 0.25) is 5.91 Å². The van der Waals surface area contributed by atoms with Crippen LogP contribution in [0.3, 0.4) is 0 Å². The highest BCUT2D eigenvalue weighted by molar-refractivity contribution is 6.04. The number of nitrogens with two attached hydrogens (primary N) is 1. The van der Waals surface area contributed by atoms with Crippen LogP contribution in [0, 0.1) is 0 Å². The lowest BCUT2D eigenvalue weighted by Gasteiger charge is -2.07. The number of nitrogens with one attached hydrogen (secondary N) is 2. The first-order chi connectivity index (χ1) is 9.54. The van der Waals surface area contributed by atoms with Crippen molar-refractivity contribution in [1.82, 2.24) is 4.98 Å². The second-order valence-corrected chi connectivity index (χ2v) is 4.19. The van der Waals surface area contributed by atoms with Crippen molar-refractivity contribution >= 4 is 29.0 Å². The van der Waals surface area contributed by atoms with E-state index in [4.69, 9.17) is 5.73 Å². The van der Waals surface area contributed by atoms with E-state index in [-0.39, 0.29) is 11.8 Å². The minimum atomic E-state index is -0.311. The number of amides is 2. The van der Waals surface area contributed by atoms with Crippen LogP contribution in [0.4, 0.5) is 17.2 Å². The zero-order chi connectivity index (χ0) is 14.5. The van der Waals surface area contributed by atoms with Gasteiger partial charge in [-0.2, -0.15) is 0 Å². The molecule has 6 nitrogen and oxygen atoms in total. The van der Waals surface area contributed by atoms with Crippen LogP contribution in [0.5, 0.6) is 0 Å². The van der Waals surface area contributed by atoms with Crippen molar-refractivity contribution in [3.05, 3.63) is 48.2 Å². The minimum Gasteiger partial charge on any atom is -0.397 e. The van der Waals surface area contributed by atoms with Crippen LogP contribution in [-0.4, -0.2) is 16.8 Å². The SMILES string of the molecule is CC(=O)Nc1cccc(C(=O)Nc2ccc(N)cn2)c1. The van der Waals surface area contributed by atoms with Gasteiger partial charge in [-0.15, -0.1) is 0 Å². The molecule has 2 rings (SSSR count). The summed E-state index contributed by atoms with van der Waals surface area (Å²) in [5.74, 6) is -0.0913. The standard InChI is InChI=1S/C14H14N4O2/c1-9(19)17-12-4-2-3-10(7-12)14(20)18-13-6-5-11(15)8-16-13/h2-8H,15H2,1H3,(H,17,19)(H,16,18,20). The molecule has 6 heteroatoms. The number of rotatable bonds is 3. The average Bonchev–Trinajstić information content (AvgIpc) is 2.41. The lowest BCUT2D eigenvalue weighted by atomic mass is 10.2. The third-order valence-electron chi connectivity index (χ3n) is 2.47. The molecule has 0 radical (unpaired) electrons. The molecule has 0 atom stereocenters. The third-order valence-corrected chi connectivity index (χ3v) is 2.47. The van der Waals surface area contributed by atoms with E-state index in [0.29, 0.717) is 22.8 Å². The molecular weight excluding hydrogens is 256 g/mol. The molecule has 0 aliphatic rings. The summed E-state index contributed by atoms with van der Waals surface area (Å²) in [7, 11) is 0. The zero-order valence-electron chi connectivity index (χ0n) is 10.9. The summed E-state index contributed by atoms with van der Waals surface area (Å²) in [5.41, 5.74) is 7.03. The third kappa shape index (κ3) is 3.55. The molecule has 0 saturated carbocycles. The Morgan fingerprint density at radius 1 is 1.15 bits per heavy atom. The molecule has 4 N–H and O–H groups in total. The van der Waals surface area contributed by atoms with Gasteiger partial charge >= 0.3 is 0 Å². The predicted octanol–water partition coefficient (Wildman–Crippen LogP) is 1.87. The number of nitrogen functional groups attached to an aromatic ring is 1. The molecule has 20 heavy (non-hydrogen) atoms. The lowest BCUT2D eigenvalue weighted by Crippen LogP contribution is -2.14. The highest BCUT2D eigenvalue weighted by atomic mass is 16.2. The maximum atomic E-state index is 12.0. The van der Waals surface area contributed by atoms with Crippen molar-refractivity contribution in [2.45, 2.75) is 6.92 Å². The zero-order valence-corrected chi connectivity index (χ0v) is 10.9. The number of aromatic nitrogens is 1. The van der Waals surface area contributed by atoms with Crippen LogP contribution in [0.1, 0.15) is 17.3 Å². The predicted molar refractivity (Wildman–Crippen MR) is 77.3 cm³/mol. The van der Waals surface area contributed by atoms with Crippen LogP contribution in [0.15, 0.2) is 42.6 Å². The van der Waals surface area contributed by atoms with E-state index < -0.39 is 0 Å². The van der Waals surface area contributed by atoms with E-state index in [2.05, 4.69) is 15.6 Å². The molecule has 0 aliphatic heterocycles. The van der Waals surface area contributed by atoms with Gasteiger partial charge in [0.05, 0.1) is 11.9 Å². The number of hydrogen-bond acceptors (Lipinski definition) is 4. The summed E-state index contributed by atoms with van der Waals surface area (Å²) in [5, 5.41) is 5.27. The maximum Gasteiger partial charge on any atom is 0.256 e. The van der Waals surface area contributed by atoms with Crippen molar-refractivity contribution < 1.29 is 9.59 Å². The molecule has 1 aromatic carbocycles. The molecule has 1 heterocycles. The maximum absolute atomic E-state index is 12.0. The number of hydrogen-bond donors (Lipinski definition) is 3. The highest BCUT2D eigenvalue weighted by Gasteiger charge is 2.07. The summed E-state index contributed by atoms with van der Waals surface area (Å²) in [6.07, 6.45) is 1.46. The Labute approximate surface area is 116 Å². The smallest absolute Gasteiger partial charge is 0.256 e. The first-order valence-corrected chi connectivity index (χ1v) is 5.95. The summed E-state index contributed by atoms with van der Waals surface area (Å²) in [6.45, 7) is 1.41. The van der Waals surface area contributed by atoms with Gasteiger partial charge in [0.15, 0.2) is 0 Å². The Morgan fingerprint density at radius 3 is 2.60 bits per heavy atom. The molecule has 2 aromatic rings. The second-order valence-electron chi connectivity index (χ2n) is 4.19. The lowest BCUT2D eigenvalue weighted by molar-refractivity contribution is -0.114. The van der Waals surface area contributed by atoms with Gasteiger partial charge in [-0.3, -0.25) is 9.59 Å². The Balaban J connectivity index is 2.12. The number of benzene rings is 1. The first-order valence-electron chi connectivity index (χ1n) is 5.95. The van der Waals surface area contributed by atoms with Gasteiger partial charge < -0.3 is 16.4 Å². The molecule has 0 saturated heterocycles. The number of pyridine rings is 1. The van der Waals surface area contributed by atoms with Crippen LogP contribution >= 0.6 is 0 Å². The first kappa shape index (κ1) is 13.5. The molecule has 0 unspecified atom stereocenters. The monoisotopic (exact) mass is 270 g/mol. The van der Waals surface area contributed by atoms with E-state index in [1.165, 1.54) is 13.1 Å². The molecule has 0 bridgehead atoms. The van der Waals surface area contributed by atoms with Gasteiger partial charge in [0.25, 0.3) is 5.91 Å². The van der Waals surface area contributed by atoms with E-state index >= 15 is 0 Å². The van der Waals surface area contributed by atoms with E-state index in [1.807, 2.05) is 0 Å². The Morgan fingerprint density at radius 2 is 1.95 bits per heavy atom. The van der Waals surface area contributed by atoms with Crippen LogP contribution in [0.2, 0.25) is 0 Å². The van der Waals surface area contributed by atoms with Gasteiger partial charge in [-0.05, 0) is 30.3 Å². The average molecular weight is 270 g/mol. The molecular formula is C14H14N4O2. The summed E-state index contributed by atoms with van der Waals surface area (Å²) >= 11 is 0. The number of nitrogens with zero attached hydrogens (tertiary/aromatic N) is 1. The van der Waals surface area contributed by atoms with Crippen LogP contribution in [0.25, 0.3) is 0 Å². The Kier molecular flexibility index (Phi) is 3.95. The molecule has 0 aliphatic carbocycles. The van der Waals surface area contributed by atoms with Crippen LogP contribution in [-0.2, 0) is 4.79 Å². The van der Waals surface area contributed by atoms with Crippen molar-refractivity contribution in [1.29, 1.82) is 0 Å². The van der Waals surface area contributed by atoms with Gasteiger partial charge in [-0.25, -0.2) is 4.98 Å². The van der Waals surface area contributed by atoms with Gasteiger partial charge in [0, 0.05) is 18.2 Å². The Hall–Kier alpha value is -2.89. The van der Waals surface area contributed by atoms with Gasteiger partial charge in [-0.1, -0.05) is 6.07 Å². The summed E-state index contributed by atoms with van der Waals surface area (Å²) in [6, 6.07) is 9.91. The largest absolute Gasteiger partial charge is 0.397 e. The molecule has 102 valence electrons. The van der Waals surface area contributed by atoms with Gasteiger partial charge in [0.1, 0.15) is 5.82 Å². The molecule has 0 spiro atoms. The van der Waals surface area contributed by atoms with E-state index in [1.54, 1.807) is 36.4 Å². The minimum absolute atomic E-state index is 0.192. The Bertz CT molecular complexity index is 638.